The summed E-state index contributed by atoms with van der Waals surface area (Å²) in [6.07, 6.45) is 0.335. The maximum atomic E-state index is 11.9. The molecule has 8 heteroatoms. The molecule has 1 aliphatic heterocycles. The van der Waals surface area contributed by atoms with Gasteiger partial charge in [0.05, 0.1) is 25.2 Å². The quantitative estimate of drug-likeness (QED) is 0.382. The molecule has 1 aliphatic rings. The van der Waals surface area contributed by atoms with Crippen LogP contribution in [0, 0.1) is 11.3 Å². The van der Waals surface area contributed by atoms with Crippen molar-refractivity contribution >= 4 is 23.4 Å². The van der Waals surface area contributed by atoms with Gasteiger partial charge in [0.15, 0.2) is 0 Å². The number of hydrogen-bond donors (Lipinski definition) is 3. The number of nitrogens with two attached hydrogens (primary N) is 1. The van der Waals surface area contributed by atoms with E-state index >= 15 is 0 Å². The van der Waals surface area contributed by atoms with Crippen LogP contribution in [0.5, 0.6) is 0 Å². The maximum Gasteiger partial charge on any atom is 0.310 e. The predicted molar refractivity (Wildman–Crippen MR) is 92.3 cm³/mol. The highest BCUT2D eigenvalue weighted by atomic mass is 16.6. The van der Waals surface area contributed by atoms with Crippen molar-refractivity contribution < 1.29 is 19.2 Å². The van der Waals surface area contributed by atoms with Crippen LogP contribution in [0.15, 0.2) is 29.4 Å². The minimum absolute atomic E-state index is 0.00638. The van der Waals surface area contributed by atoms with Crippen LogP contribution in [0.4, 0.5) is 0 Å². The molecule has 0 aromatic heterocycles. The Morgan fingerprint density at radius 3 is 2.72 bits per heavy atom. The molecule has 0 aliphatic carbocycles. The Morgan fingerprint density at radius 1 is 1.44 bits per heavy atom. The van der Waals surface area contributed by atoms with E-state index in [9.17, 15) is 9.59 Å². The van der Waals surface area contributed by atoms with Crippen molar-refractivity contribution in [2.24, 2.45) is 16.8 Å². The van der Waals surface area contributed by atoms with Crippen molar-refractivity contribution in [2.75, 3.05) is 13.7 Å². The molecule has 4 N–H and O–H groups in total. The predicted octanol–water partition coefficient (Wildman–Crippen LogP) is 0.779. The smallest absolute Gasteiger partial charge is 0.310 e. The van der Waals surface area contributed by atoms with Crippen LogP contribution in [0.25, 0.3) is 0 Å². The highest BCUT2D eigenvalue weighted by Gasteiger charge is 2.25. The van der Waals surface area contributed by atoms with Crippen LogP contribution in [-0.2, 0) is 19.2 Å². The van der Waals surface area contributed by atoms with E-state index in [1.807, 2.05) is 12.1 Å². The molecule has 0 bridgehead atoms. The summed E-state index contributed by atoms with van der Waals surface area (Å²) in [6.45, 7) is 1.91. The van der Waals surface area contributed by atoms with Crippen LogP contribution in [0.1, 0.15) is 30.9 Å². The molecule has 1 aromatic carbocycles. The zero-order valence-electron chi connectivity index (χ0n) is 14.2. The van der Waals surface area contributed by atoms with Gasteiger partial charge in [0.1, 0.15) is 11.9 Å². The standard InChI is InChI=1S/C17H22N4O4/c1-10(17(23)24-2)9-20-15(22)8-13-7-14(21-25-13)11-3-5-12(6-4-11)16(18)19/h3-6,10,13H,7-9H2,1-2H3,(H3,18,19)(H,20,22)/t10-,13-/m1/s1. The molecular weight excluding hydrogens is 324 g/mol. The number of amidine groups is 1. The van der Waals surface area contributed by atoms with E-state index in [1.54, 1.807) is 19.1 Å². The highest BCUT2D eigenvalue weighted by Crippen LogP contribution is 2.19. The minimum Gasteiger partial charge on any atom is -0.469 e. The number of oxime groups is 1. The van der Waals surface area contributed by atoms with Gasteiger partial charge in [-0.3, -0.25) is 15.0 Å². The molecule has 1 heterocycles. The van der Waals surface area contributed by atoms with Crippen LogP contribution >= 0.6 is 0 Å². The number of benzene rings is 1. The molecule has 1 aromatic rings. The fourth-order valence-electron chi connectivity index (χ4n) is 2.38. The van der Waals surface area contributed by atoms with Gasteiger partial charge in [-0.25, -0.2) is 0 Å². The Morgan fingerprint density at radius 2 is 2.12 bits per heavy atom. The number of carbonyl (C=O) groups excluding carboxylic acids is 2. The molecule has 0 radical (unpaired) electrons. The summed E-state index contributed by atoms with van der Waals surface area (Å²) in [7, 11) is 1.31. The van der Waals surface area contributed by atoms with Crippen molar-refractivity contribution in [3.8, 4) is 0 Å². The second-order valence-electron chi connectivity index (χ2n) is 5.89. The highest BCUT2D eigenvalue weighted by molar-refractivity contribution is 6.02. The van der Waals surface area contributed by atoms with Gasteiger partial charge in [0, 0.05) is 18.5 Å². The van der Waals surface area contributed by atoms with Crippen LogP contribution < -0.4 is 11.1 Å². The van der Waals surface area contributed by atoms with E-state index < -0.39 is 5.92 Å². The Bertz CT molecular complexity index is 684. The molecule has 2 atom stereocenters. The molecule has 0 saturated heterocycles. The number of esters is 1. The summed E-state index contributed by atoms with van der Waals surface area (Å²) in [6, 6.07) is 7.13. The fraction of sp³-hybridized carbons (Fsp3) is 0.412. The first-order chi connectivity index (χ1) is 11.9. The Labute approximate surface area is 145 Å². The second-order valence-corrected chi connectivity index (χ2v) is 5.89. The monoisotopic (exact) mass is 346 g/mol. The average molecular weight is 346 g/mol. The number of ether oxygens (including phenoxy) is 1. The lowest BCUT2D eigenvalue weighted by Crippen LogP contribution is -2.34. The molecule has 1 amide bonds. The lowest BCUT2D eigenvalue weighted by Gasteiger charge is -2.12. The SMILES string of the molecule is COC(=O)[C@H](C)CNC(=O)C[C@H]1CC(c2ccc(C(=N)N)cc2)=NO1. The normalized spacial score (nSPS) is 17.2. The summed E-state index contributed by atoms with van der Waals surface area (Å²) >= 11 is 0. The molecule has 0 saturated carbocycles. The summed E-state index contributed by atoms with van der Waals surface area (Å²) < 4.78 is 4.61. The van der Waals surface area contributed by atoms with E-state index in [0.29, 0.717) is 12.0 Å². The Balaban J connectivity index is 1.80. The topological polar surface area (TPSA) is 127 Å². The first-order valence-electron chi connectivity index (χ1n) is 7.92. The first kappa shape index (κ1) is 18.4. The second kappa shape index (κ2) is 8.27. The van der Waals surface area contributed by atoms with Gasteiger partial charge < -0.3 is 20.6 Å². The largest absolute Gasteiger partial charge is 0.469 e. The zero-order chi connectivity index (χ0) is 18.4. The molecule has 2 rings (SSSR count). The van der Waals surface area contributed by atoms with Crippen molar-refractivity contribution in [3.63, 3.8) is 0 Å². The average Bonchev–Trinajstić information content (AvgIpc) is 3.07. The van der Waals surface area contributed by atoms with Crippen molar-refractivity contribution in [2.45, 2.75) is 25.9 Å². The molecule has 25 heavy (non-hydrogen) atoms. The number of nitrogens with one attached hydrogen (secondary N) is 2. The summed E-state index contributed by atoms with van der Waals surface area (Å²) in [5.41, 5.74) is 7.68. The number of methoxy groups -OCH3 is 1. The summed E-state index contributed by atoms with van der Waals surface area (Å²) in [5.74, 6) is -0.960. The van der Waals surface area contributed by atoms with Gasteiger partial charge in [-0.15, -0.1) is 0 Å². The van der Waals surface area contributed by atoms with Gasteiger partial charge in [0.25, 0.3) is 0 Å². The van der Waals surface area contributed by atoms with E-state index in [0.717, 1.165) is 11.3 Å². The van der Waals surface area contributed by atoms with Crippen LogP contribution in [0.2, 0.25) is 0 Å². The van der Waals surface area contributed by atoms with Gasteiger partial charge in [0.2, 0.25) is 5.91 Å². The Hall–Kier alpha value is -2.90. The number of carbonyl (C=O) groups is 2. The number of rotatable bonds is 7. The molecule has 0 spiro atoms. The zero-order valence-corrected chi connectivity index (χ0v) is 14.2. The lowest BCUT2D eigenvalue weighted by molar-refractivity contribution is -0.144. The fourth-order valence-corrected chi connectivity index (χ4v) is 2.38. The van der Waals surface area contributed by atoms with Gasteiger partial charge in [-0.05, 0) is 5.56 Å². The van der Waals surface area contributed by atoms with Gasteiger partial charge in [-0.1, -0.05) is 36.3 Å². The number of nitrogen functional groups attached to an aromatic ring is 1. The molecule has 0 fully saturated rings. The minimum atomic E-state index is -0.398. The number of amides is 1. The van der Waals surface area contributed by atoms with E-state index in [2.05, 4.69) is 15.2 Å². The third-order valence-electron chi connectivity index (χ3n) is 3.88. The van der Waals surface area contributed by atoms with E-state index in [-0.39, 0.29) is 36.8 Å². The summed E-state index contributed by atoms with van der Waals surface area (Å²) in [5, 5.41) is 14.1. The van der Waals surface area contributed by atoms with Crippen LogP contribution in [-0.4, -0.2) is 43.2 Å². The number of hydrogen-bond acceptors (Lipinski definition) is 6. The van der Waals surface area contributed by atoms with Crippen molar-refractivity contribution in [1.82, 2.24) is 5.32 Å². The number of nitrogens with zero attached hydrogens (tertiary/aromatic N) is 1. The van der Waals surface area contributed by atoms with Gasteiger partial charge in [-0.2, -0.15) is 0 Å². The van der Waals surface area contributed by atoms with Gasteiger partial charge >= 0.3 is 5.97 Å². The summed E-state index contributed by atoms with van der Waals surface area (Å²) in [4.78, 5) is 28.6. The first-order valence-corrected chi connectivity index (χ1v) is 7.92. The Kier molecular flexibility index (Phi) is 6.10. The van der Waals surface area contributed by atoms with Crippen LogP contribution in [0.3, 0.4) is 0 Å². The lowest BCUT2D eigenvalue weighted by atomic mass is 10.0. The third-order valence-corrected chi connectivity index (χ3v) is 3.88. The molecule has 134 valence electrons. The van der Waals surface area contributed by atoms with Crippen molar-refractivity contribution in [1.29, 1.82) is 5.41 Å². The molecule has 8 nitrogen and oxygen atoms in total. The molecular formula is C17H22N4O4. The van der Waals surface area contributed by atoms with E-state index in [4.69, 9.17) is 16.0 Å². The van der Waals surface area contributed by atoms with E-state index in [1.165, 1.54) is 7.11 Å². The van der Waals surface area contributed by atoms with Crippen molar-refractivity contribution in [3.05, 3.63) is 35.4 Å². The third kappa shape index (κ3) is 5.03. The maximum absolute atomic E-state index is 11.9. The molecule has 0 unspecified atom stereocenters.